The van der Waals surface area contributed by atoms with Gasteiger partial charge >= 0.3 is 0 Å². The fourth-order valence-corrected chi connectivity index (χ4v) is 4.69. The van der Waals surface area contributed by atoms with E-state index in [1.807, 2.05) is 84.0 Å². The molecule has 44 heavy (non-hydrogen) atoms. The average molecular weight is 585 g/mol. The van der Waals surface area contributed by atoms with Crippen LogP contribution in [-0.4, -0.2) is 12.1 Å². The van der Waals surface area contributed by atoms with Crippen LogP contribution < -0.4 is 16.8 Å². The number of amides is 1. The van der Waals surface area contributed by atoms with Gasteiger partial charge in [-0.1, -0.05) is 68.3 Å². The predicted octanol–water partition coefficient (Wildman–Crippen LogP) is 9.36. The summed E-state index contributed by atoms with van der Waals surface area (Å²) in [5, 5.41) is 3.55. The molecule has 0 saturated heterocycles. The zero-order valence-corrected chi connectivity index (χ0v) is 26.9. The quantitative estimate of drug-likeness (QED) is 0.0947. The molecule has 0 aliphatic rings. The Labute approximate surface area is 263 Å². The molecule has 0 atom stereocenters. The molecule has 0 heterocycles. The minimum Gasteiger partial charge on any atom is -0.397 e. The van der Waals surface area contributed by atoms with Gasteiger partial charge in [-0.05, 0) is 94.5 Å². The Morgan fingerprint density at radius 2 is 1.70 bits per heavy atom. The second-order valence-corrected chi connectivity index (χ2v) is 10.5. The molecule has 5 heteroatoms. The number of aliphatic imine (C=N–C) groups is 1. The minimum atomic E-state index is -0.624. The van der Waals surface area contributed by atoms with Gasteiger partial charge in [-0.3, -0.25) is 9.79 Å². The lowest BCUT2D eigenvalue weighted by Crippen LogP contribution is -2.19. The van der Waals surface area contributed by atoms with E-state index in [1.165, 1.54) is 0 Å². The largest absolute Gasteiger partial charge is 0.397 e. The molecule has 2 aromatic rings. The molecular weight excluding hydrogens is 540 g/mol. The van der Waals surface area contributed by atoms with Crippen LogP contribution in [0.2, 0.25) is 0 Å². The summed E-state index contributed by atoms with van der Waals surface area (Å²) in [5.41, 5.74) is 29.2. The standard InChI is InChI=1S/C39H44N4O/c1-11-26(8)23-30(22-25(6)7)43-36-24-29(12-2)18-20-33(36)27(9)16-19-34(39(41)44)38(40)32(14-4)37-28(10)17-21-35(42-15-5)31(37)13-3/h12-13,15-18,20-24,43H,1-4,19,40H2,5-10H3,(H2,41,44)/b27-16+,30-23+,38-34-,42-15?. The first-order chi connectivity index (χ1) is 20.9. The van der Waals surface area contributed by atoms with Gasteiger partial charge in [-0.25, -0.2) is 0 Å². The number of carbonyl (C=O) groups is 1. The Morgan fingerprint density at radius 1 is 1.00 bits per heavy atom. The molecule has 0 aromatic heterocycles. The first kappa shape index (κ1) is 34.9. The fraction of sp³-hybridized carbons (Fsp3) is 0.179. The Hall–Kier alpha value is -5.34. The molecule has 0 radical (unpaired) electrons. The summed E-state index contributed by atoms with van der Waals surface area (Å²) < 4.78 is 0. The van der Waals surface area contributed by atoms with Crippen molar-refractivity contribution in [2.24, 2.45) is 16.5 Å². The van der Waals surface area contributed by atoms with Gasteiger partial charge in [0.1, 0.15) is 0 Å². The predicted molar refractivity (Wildman–Crippen MR) is 192 cm³/mol. The normalized spacial score (nSPS) is 12.0. The number of hydrogen-bond acceptors (Lipinski definition) is 4. The first-order valence-electron chi connectivity index (χ1n) is 14.3. The van der Waals surface area contributed by atoms with Crippen LogP contribution in [0.15, 0.2) is 119 Å². The van der Waals surface area contributed by atoms with Crippen LogP contribution in [0.1, 0.15) is 68.9 Å². The number of rotatable bonds is 13. The van der Waals surface area contributed by atoms with Gasteiger partial charge in [0.2, 0.25) is 5.91 Å². The molecule has 0 bridgehead atoms. The van der Waals surface area contributed by atoms with Crippen molar-refractivity contribution in [3.8, 4) is 0 Å². The molecule has 0 aliphatic carbocycles. The number of carbonyl (C=O) groups excluding carboxylic acids is 1. The number of primary amides is 1. The summed E-state index contributed by atoms with van der Waals surface area (Å²) in [4.78, 5) is 17.2. The number of nitrogens with two attached hydrogens (primary N) is 2. The molecule has 0 saturated carbocycles. The minimum absolute atomic E-state index is 0.199. The number of allylic oxidation sites excluding steroid dienone is 7. The number of anilines is 1. The van der Waals surface area contributed by atoms with Gasteiger partial charge in [0.05, 0.1) is 11.4 Å². The lowest BCUT2D eigenvalue weighted by atomic mass is 9.90. The summed E-state index contributed by atoms with van der Waals surface area (Å²) in [6.45, 7) is 27.3. The van der Waals surface area contributed by atoms with Crippen LogP contribution in [0.25, 0.3) is 23.3 Å². The highest BCUT2D eigenvalue weighted by molar-refractivity contribution is 5.99. The van der Waals surface area contributed by atoms with Gasteiger partial charge in [0.15, 0.2) is 0 Å². The summed E-state index contributed by atoms with van der Waals surface area (Å²) >= 11 is 0. The maximum Gasteiger partial charge on any atom is 0.247 e. The SMILES string of the molecule is C=C=C(C)/C=C(\C=C(C)C)Nc1cc(C=C)ccc1/C(C)=C/C/C(C(N)=O)=C(/N)C(=C=C)c1c(C)ccc(N=CC)c1C=C. The van der Waals surface area contributed by atoms with Crippen LogP contribution in [0, 0.1) is 6.92 Å². The third-order valence-electron chi connectivity index (χ3n) is 6.91. The van der Waals surface area contributed by atoms with Crippen LogP contribution in [-0.2, 0) is 4.79 Å². The number of benzene rings is 2. The molecule has 2 rings (SSSR count). The maximum atomic E-state index is 12.8. The Kier molecular flexibility index (Phi) is 12.9. The van der Waals surface area contributed by atoms with Gasteiger partial charge in [-0.15, -0.1) is 11.5 Å². The number of nitrogens with zero attached hydrogens (tertiary/aromatic N) is 1. The molecule has 1 amide bonds. The van der Waals surface area contributed by atoms with Crippen molar-refractivity contribution >= 4 is 46.8 Å². The molecule has 0 aliphatic heterocycles. The number of hydrogen-bond donors (Lipinski definition) is 3. The van der Waals surface area contributed by atoms with E-state index >= 15 is 0 Å². The fourth-order valence-electron chi connectivity index (χ4n) is 4.69. The second kappa shape index (κ2) is 16.3. The zero-order valence-electron chi connectivity index (χ0n) is 26.9. The van der Waals surface area contributed by atoms with E-state index in [1.54, 1.807) is 18.4 Å². The Balaban J connectivity index is 2.69. The van der Waals surface area contributed by atoms with Crippen LogP contribution >= 0.6 is 0 Å². The monoisotopic (exact) mass is 584 g/mol. The van der Waals surface area contributed by atoms with Gasteiger partial charge in [0.25, 0.3) is 0 Å². The number of aryl methyl sites for hydroxylation is 1. The van der Waals surface area contributed by atoms with E-state index in [9.17, 15) is 4.79 Å². The molecule has 0 fully saturated rings. The Bertz CT molecular complexity index is 1720. The molecular formula is C39H44N4O. The first-order valence-corrected chi connectivity index (χ1v) is 14.3. The second-order valence-electron chi connectivity index (χ2n) is 10.5. The third-order valence-corrected chi connectivity index (χ3v) is 6.91. The summed E-state index contributed by atoms with van der Waals surface area (Å²) in [6, 6.07) is 9.89. The number of nitrogens with one attached hydrogen (secondary N) is 1. The molecule has 5 N–H and O–H groups in total. The Morgan fingerprint density at radius 3 is 2.25 bits per heavy atom. The van der Waals surface area contributed by atoms with Crippen molar-refractivity contribution in [2.75, 3.05) is 5.32 Å². The smallest absolute Gasteiger partial charge is 0.247 e. The van der Waals surface area contributed by atoms with Crippen molar-refractivity contribution in [3.05, 3.63) is 142 Å². The molecule has 0 spiro atoms. The van der Waals surface area contributed by atoms with E-state index in [4.69, 9.17) is 11.5 Å². The molecule has 2 aromatic carbocycles. The molecule has 5 nitrogen and oxygen atoms in total. The van der Waals surface area contributed by atoms with Gasteiger partial charge in [-0.2, -0.15) is 0 Å². The van der Waals surface area contributed by atoms with Crippen LogP contribution in [0.5, 0.6) is 0 Å². The van der Waals surface area contributed by atoms with Crippen molar-refractivity contribution in [3.63, 3.8) is 0 Å². The van der Waals surface area contributed by atoms with E-state index in [0.717, 1.165) is 61.6 Å². The molecule has 226 valence electrons. The van der Waals surface area contributed by atoms with Crippen molar-refractivity contribution in [1.29, 1.82) is 0 Å². The summed E-state index contributed by atoms with van der Waals surface area (Å²) in [5.74, 6) is -0.624. The highest BCUT2D eigenvalue weighted by Crippen LogP contribution is 2.35. The third kappa shape index (κ3) is 8.83. The summed E-state index contributed by atoms with van der Waals surface area (Å²) in [7, 11) is 0. The summed E-state index contributed by atoms with van der Waals surface area (Å²) in [6.07, 6.45) is 11.4. The highest BCUT2D eigenvalue weighted by Gasteiger charge is 2.19. The topological polar surface area (TPSA) is 93.5 Å². The zero-order chi connectivity index (χ0) is 33.0. The highest BCUT2D eigenvalue weighted by atomic mass is 16.1. The lowest BCUT2D eigenvalue weighted by Gasteiger charge is -2.17. The average Bonchev–Trinajstić information content (AvgIpc) is 2.98. The van der Waals surface area contributed by atoms with E-state index < -0.39 is 5.91 Å². The van der Waals surface area contributed by atoms with E-state index in [2.05, 4.69) is 54.2 Å². The van der Waals surface area contributed by atoms with Crippen molar-refractivity contribution < 1.29 is 4.79 Å². The van der Waals surface area contributed by atoms with Gasteiger partial charge in [0, 0.05) is 45.4 Å². The van der Waals surface area contributed by atoms with Crippen molar-refractivity contribution in [2.45, 2.75) is 48.0 Å². The maximum absolute atomic E-state index is 12.8. The van der Waals surface area contributed by atoms with Crippen molar-refractivity contribution in [1.82, 2.24) is 0 Å². The van der Waals surface area contributed by atoms with Gasteiger partial charge < -0.3 is 16.8 Å². The van der Waals surface area contributed by atoms with Crippen LogP contribution in [0.4, 0.5) is 11.4 Å². The van der Waals surface area contributed by atoms with Crippen LogP contribution in [0.3, 0.4) is 0 Å². The van der Waals surface area contributed by atoms with E-state index in [-0.39, 0.29) is 17.7 Å². The molecule has 0 unspecified atom stereocenters. The van der Waals surface area contributed by atoms with E-state index in [0.29, 0.717) is 5.57 Å². The lowest BCUT2D eigenvalue weighted by molar-refractivity contribution is -0.114.